The normalized spacial score (nSPS) is 14.3. The molecule has 0 aliphatic carbocycles. The molecule has 0 spiro atoms. The minimum absolute atomic E-state index is 0.170. The topological polar surface area (TPSA) is 63.4 Å². The number of hydrogen-bond donors (Lipinski definition) is 0. The average molecular weight is 528 g/mol. The van der Waals surface area contributed by atoms with Crippen LogP contribution in [0.2, 0.25) is 10.0 Å². The number of aromatic nitrogens is 4. The molecule has 37 heavy (non-hydrogen) atoms. The number of carbonyl (C=O) groups excluding carboxylic acids is 1. The summed E-state index contributed by atoms with van der Waals surface area (Å²) in [7, 11) is 0. The van der Waals surface area contributed by atoms with Crippen LogP contribution >= 0.6 is 23.2 Å². The molecule has 0 radical (unpaired) electrons. The van der Waals surface area contributed by atoms with Crippen LogP contribution in [0.25, 0.3) is 28.0 Å². The molecule has 0 atom stereocenters. The van der Waals surface area contributed by atoms with Crippen molar-refractivity contribution in [3.05, 3.63) is 106 Å². The Balaban J connectivity index is 1.37. The van der Waals surface area contributed by atoms with E-state index >= 15 is 0 Å². The molecule has 8 heteroatoms. The van der Waals surface area contributed by atoms with Crippen LogP contribution in [0.15, 0.2) is 84.9 Å². The zero-order chi connectivity index (χ0) is 25.4. The van der Waals surface area contributed by atoms with Crippen LogP contribution in [0.5, 0.6) is 0 Å². The van der Waals surface area contributed by atoms with Crippen LogP contribution in [0.4, 0.5) is 0 Å². The number of nitrogens with zero attached hydrogens (tertiary/aromatic N) is 5. The molecular formula is C29H23Cl2N5O. The van der Waals surface area contributed by atoms with E-state index < -0.39 is 0 Å². The SMILES string of the molecule is O=C(c1nnc2cc(-c3ccc(Cl)cc3)c(-c3ccccc3Cl)nn12)N1CCC(c2ccccc2)CC1. The van der Waals surface area contributed by atoms with Crippen molar-refractivity contribution in [3.63, 3.8) is 0 Å². The molecule has 5 aromatic rings. The second-order valence-electron chi connectivity index (χ2n) is 9.16. The van der Waals surface area contributed by atoms with E-state index in [-0.39, 0.29) is 11.7 Å². The second-order valence-corrected chi connectivity index (χ2v) is 10.0. The van der Waals surface area contributed by atoms with Crippen molar-refractivity contribution < 1.29 is 4.79 Å². The lowest BCUT2D eigenvalue weighted by Crippen LogP contribution is -2.39. The summed E-state index contributed by atoms with van der Waals surface area (Å²) in [6.45, 7) is 1.32. The summed E-state index contributed by atoms with van der Waals surface area (Å²) in [6, 6.07) is 27.4. The Morgan fingerprint density at radius 3 is 2.24 bits per heavy atom. The lowest BCUT2D eigenvalue weighted by atomic mass is 9.89. The highest BCUT2D eigenvalue weighted by atomic mass is 35.5. The van der Waals surface area contributed by atoms with Gasteiger partial charge in [-0.05, 0) is 54.2 Å². The Morgan fingerprint density at radius 2 is 1.51 bits per heavy atom. The maximum atomic E-state index is 13.5. The highest BCUT2D eigenvalue weighted by molar-refractivity contribution is 6.33. The van der Waals surface area contributed by atoms with E-state index in [2.05, 4.69) is 34.5 Å². The molecule has 0 saturated carbocycles. The van der Waals surface area contributed by atoms with Gasteiger partial charge in [0.25, 0.3) is 5.91 Å². The number of rotatable bonds is 4. The molecular weight excluding hydrogens is 505 g/mol. The summed E-state index contributed by atoms with van der Waals surface area (Å²) < 4.78 is 1.53. The molecule has 6 rings (SSSR count). The highest BCUT2D eigenvalue weighted by Crippen LogP contribution is 2.36. The minimum atomic E-state index is -0.170. The summed E-state index contributed by atoms with van der Waals surface area (Å²) >= 11 is 12.7. The third kappa shape index (κ3) is 4.59. The Hall–Kier alpha value is -3.74. The van der Waals surface area contributed by atoms with Gasteiger partial charge in [0, 0.05) is 29.2 Å². The molecule has 0 bridgehead atoms. The van der Waals surface area contributed by atoms with Gasteiger partial charge in [-0.25, -0.2) is 0 Å². The maximum Gasteiger partial charge on any atom is 0.293 e. The summed E-state index contributed by atoms with van der Waals surface area (Å²) in [4.78, 5) is 15.4. The van der Waals surface area contributed by atoms with Crippen LogP contribution < -0.4 is 0 Å². The van der Waals surface area contributed by atoms with E-state index in [1.54, 1.807) is 0 Å². The van der Waals surface area contributed by atoms with E-state index in [4.69, 9.17) is 28.3 Å². The van der Waals surface area contributed by atoms with Gasteiger partial charge in [-0.3, -0.25) is 4.79 Å². The Labute approximate surface area is 224 Å². The van der Waals surface area contributed by atoms with E-state index in [0.29, 0.717) is 40.4 Å². The molecule has 0 N–H and O–H groups in total. The summed E-state index contributed by atoms with van der Waals surface area (Å²) in [5, 5.41) is 14.6. The summed E-state index contributed by atoms with van der Waals surface area (Å²) in [5.41, 5.74) is 4.94. The molecule has 2 aromatic heterocycles. The molecule has 3 aromatic carbocycles. The second kappa shape index (κ2) is 9.96. The fourth-order valence-corrected chi connectivity index (χ4v) is 5.30. The quantitative estimate of drug-likeness (QED) is 0.258. The first-order chi connectivity index (χ1) is 18.1. The Morgan fingerprint density at radius 1 is 0.811 bits per heavy atom. The first-order valence-electron chi connectivity index (χ1n) is 12.2. The van der Waals surface area contributed by atoms with Crippen LogP contribution in [0.1, 0.15) is 34.9 Å². The van der Waals surface area contributed by atoms with Gasteiger partial charge in [-0.2, -0.15) is 9.61 Å². The van der Waals surface area contributed by atoms with Gasteiger partial charge in [-0.15, -0.1) is 10.2 Å². The van der Waals surface area contributed by atoms with E-state index in [1.165, 1.54) is 10.1 Å². The first-order valence-corrected chi connectivity index (χ1v) is 13.0. The van der Waals surface area contributed by atoms with Gasteiger partial charge in [0.1, 0.15) is 5.69 Å². The zero-order valence-corrected chi connectivity index (χ0v) is 21.4. The van der Waals surface area contributed by atoms with Crippen molar-refractivity contribution >= 4 is 34.8 Å². The number of amides is 1. The molecule has 1 saturated heterocycles. The molecule has 3 heterocycles. The smallest absolute Gasteiger partial charge is 0.293 e. The molecule has 6 nitrogen and oxygen atoms in total. The van der Waals surface area contributed by atoms with Crippen molar-refractivity contribution in [2.75, 3.05) is 13.1 Å². The van der Waals surface area contributed by atoms with Gasteiger partial charge >= 0.3 is 0 Å². The van der Waals surface area contributed by atoms with Crippen LogP contribution in [0.3, 0.4) is 0 Å². The van der Waals surface area contributed by atoms with Crippen molar-refractivity contribution in [2.24, 2.45) is 0 Å². The predicted octanol–water partition coefficient (Wildman–Crippen LogP) is 6.78. The van der Waals surface area contributed by atoms with E-state index in [1.807, 2.05) is 65.6 Å². The third-order valence-corrected chi connectivity index (χ3v) is 7.50. The number of benzene rings is 3. The number of fused-ring (bicyclic) bond motifs is 1. The first kappa shape index (κ1) is 23.6. The number of hydrogen-bond acceptors (Lipinski definition) is 4. The minimum Gasteiger partial charge on any atom is -0.336 e. The van der Waals surface area contributed by atoms with Gasteiger partial charge in [0.2, 0.25) is 5.82 Å². The number of piperidine rings is 1. The van der Waals surface area contributed by atoms with Crippen molar-refractivity contribution in [1.29, 1.82) is 0 Å². The van der Waals surface area contributed by atoms with Crippen molar-refractivity contribution in [1.82, 2.24) is 24.7 Å². The van der Waals surface area contributed by atoms with Crippen LogP contribution in [0, 0.1) is 0 Å². The van der Waals surface area contributed by atoms with Crippen molar-refractivity contribution in [3.8, 4) is 22.4 Å². The maximum absolute atomic E-state index is 13.5. The van der Waals surface area contributed by atoms with Gasteiger partial charge < -0.3 is 4.90 Å². The molecule has 1 fully saturated rings. The lowest BCUT2D eigenvalue weighted by molar-refractivity contribution is 0.0697. The molecule has 1 aliphatic rings. The monoisotopic (exact) mass is 527 g/mol. The van der Waals surface area contributed by atoms with E-state index in [0.717, 1.165) is 29.5 Å². The average Bonchev–Trinajstić information content (AvgIpc) is 3.36. The van der Waals surface area contributed by atoms with Gasteiger partial charge in [0.15, 0.2) is 5.65 Å². The van der Waals surface area contributed by atoms with Crippen LogP contribution in [-0.4, -0.2) is 43.7 Å². The molecule has 1 aliphatic heterocycles. The lowest BCUT2D eigenvalue weighted by Gasteiger charge is -2.31. The Bertz CT molecular complexity index is 1580. The fraction of sp³-hybridized carbons (Fsp3) is 0.172. The number of halogens is 2. The standard InChI is InChI=1S/C29H23Cl2N5O/c30-22-12-10-21(11-13-22)24-18-26-32-33-28(36(26)34-27(24)23-8-4-5-9-25(23)31)29(37)35-16-14-20(15-17-35)19-6-2-1-3-7-19/h1-13,18,20H,14-17H2. The highest BCUT2D eigenvalue weighted by Gasteiger charge is 2.28. The summed E-state index contributed by atoms with van der Waals surface area (Å²) in [6.07, 6.45) is 1.82. The number of likely N-dealkylation sites (tertiary alicyclic amines) is 1. The van der Waals surface area contributed by atoms with Crippen LogP contribution in [-0.2, 0) is 0 Å². The summed E-state index contributed by atoms with van der Waals surface area (Å²) in [5.74, 6) is 0.479. The molecule has 0 unspecified atom stereocenters. The number of carbonyl (C=O) groups is 1. The van der Waals surface area contributed by atoms with Gasteiger partial charge in [-0.1, -0.05) is 83.9 Å². The molecule has 184 valence electrons. The Kier molecular flexibility index (Phi) is 6.37. The van der Waals surface area contributed by atoms with Gasteiger partial charge in [0.05, 0.1) is 5.02 Å². The fourth-order valence-electron chi connectivity index (χ4n) is 4.95. The largest absolute Gasteiger partial charge is 0.336 e. The predicted molar refractivity (Wildman–Crippen MR) is 146 cm³/mol. The van der Waals surface area contributed by atoms with E-state index in [9.17, 15) is 4.79 Å². The molecule has 1 amide bonds. The van der Waals surface area contributed by atoms with Crippen molar-refractivity contribution in [2.45, 2.75) is 18.8 Å². The zero-order valence-electron chi connectivity index (χ0n) is 19.9. The third-order valence-electron chi connectivity index (χ3n) is 6.92.